The number of hydrogen-bond donors (Lipinski definition) is 0. The first-order chi connectivity index (χ1) is 17.2. The van der Waals surface area contributed by atoms with Crippen molar-refractivity contribution in [2.75, 3.05) is 26.3 Å². The molecule has 4 aromatic rings. The number of carbonyl (C=O) groups is 2. The SMILES string of the molecule is N#C/C(=C\c1c(OC(=O)c2cccc3ccccc23)ccc2ccccc12)C(=O)N1CCOCC1. The van der Waals surface area contributed by atoms with Crippen molar-refractivity contribution >= 4 is 39.5 Å². The van der Waals surface area contributed by atoms with E-state index in [4.69, 9.17) is 9.47 Å². The second-order valence-corrected chi connectivity index (χ2v) is 8.19. The second-order valence-electron chi connectivity index (χ2n) is 8.19. The predicted octanol–water partition coefficient (Wildman–Crippen LogP) is 4.98. The zero-order valence-corrected chi connectivity index (χ0v) is 18.9. The van der Waals surface area contributed by atoms with Crippen LogP contribution in [0.4, 0.5) is 0 Å². The number of esters is 1. The number of fused-ring (bicyclic) bond motifs is 2. The maximum atomic E-state index is 13.3. The lowest BCUT2D eigenvalue weighted by Gasteiger charge is -2.26. The van der Waals surface area contributed by atoms with E-state index < -0.39 is 5.97 Å². The summed E-state index contributed by atoms with van der Waals surface area (Å²) in [5.41, 5.74) is 0.927. The van der Waals surface area contributed by atoms with Crippen molar-refractivity contribution in [2.45, 2.75) is 0 Å². The van der Waals surface area contributed by atoms with Gasteiger partial charge in [0.1, 0.15) is 17.4 Å². The molecule has 4 aromatic carbocycles. The van der Waals surface area contributed by atoms with Gasteiger partial charge in [0.05, 0.1) is 18.8 Å². The molecule has 172 valence electrons. The monoisotopic (exact) mass is 462 g/mol. The first-order valence-electron chi connectivity index (χ1n) is 11.4. The number of benzene rings is 4. The summed E-state index contributed by atoms with van der Waals surface area (Å²) in [6, 6.07) is 26.3. The Bertz CT molecular complexity index is 1510. The van der Waals surface area contributed by atoms with E-state index in [-0.39, 0.29) is 17.2 Å². The average Bonchev–Trinajstić information content (AvgIpc) is 2.92. The lowest BCUT2D eigenvalue weighted by molar-refractivity contribution is -0.130. The van der Waals surface area contributed by atoms with Crippen LogP contribution in [0.3, 0.4) is 0 Å². The van der Waals surface area contributed by atoms with Gasteiger partial charge in [-0.3, -0.25) is 4.79 Å². The molecule has 0 bridgehead atoms. The molecule has 1 aliphatic heterocycles. The lowest BCUT2D eigenvalue weighted by atomic mass is 10.0. The van der Waals surface area contributed by atoms with Crippen molar-refractivity contribution in [3.63, 3.8) is 0 Å². The van der Waals surface area contributed by atoms with E-state index in [0.717, 1.165) is 21.5 Å². The summed E-state index contributed by atoms with van der Waals surface area (Å²) in [7, 11) is 0. The van der Waals surface area contributed by atoms with Crippen LogP contribution in [0.15, 0.2) is 84.4 Å². The summed E-state index contributed by atoms with van der Waals surface area (Å²) in [4.78, 5) is 27.9. The molecule has 0 aromatic heterocycles. The third-order valence-corrected chi connectivity index (χ3v) is 6.08. The van der Waals surface area contributed by atoms with Crippen LogP contribution in [0.25, 0.3) is 27.6 Å². The summed E-state index contributed by atoms with van der Waals surface area (Å²) in [5, 5.41) is 13.2. The maximum Gasteiger partial charge on any atom is 0.344 e. The largest absolute Gasteiger partial charge is 0.422 e. The van der Waals surface area contributed by atoms with Gasteiger partial charge in [-0.1, -0.05) is 66.7 Å². The maximum absolute atomic E-state index is 13.3. The molecule has 0 unspecified atom stereocenters. The van der Waals surface area contributed by atoms with Gasteiger partial charge in [-0.15, -0.1) is 0 Å². The van der Waals surface area contributed by atoms with Crippen molar-refractivity contribution in [3.05, 3.63) is 95.6 Å². The van der Waals surface area contributed by atoms with Crippen LogP contribution in [0, 0.1) is 11.3 Å². The van der Waals surface area contributed by atoms with Crippen LogP contribution >= 0.6 is 0 Å². The van der Waals surface area contributed by atoms with Gasteiger partial charge in [-0.25, -0.2) is 4.79 Å². The van der Waals surface area contributed by atoms with Crippen LogP contribution in [-0.4, -0.2) is 43.1 Å². The minimum absolute atomic E-state index is 0.0225. The zero-order valence-electron chi connectivity index (χ0n) is 18.9. The van der Waals surface area contributed by atoms with Crippen molar-refractivity contribution in [1.82, 2.24) is 4.90 Å². The molecular formula is C29H22N2O4. The van der Waals surface area contributed by atoms with Gasteiger partial charge >= 0.3 is 5.97 Å². The van der Waals surface area contributed by atoms with Crippen LogP contribution in [0.1, 0.15) is 15.9 Å². The molecule has 1 amide bonds. The number of morpholine rings is 1. The molecule has 5 rings (SSSR count). The second kappa shape index (κ2) is 9.80. The number of nitrogens with zero attached hydrogens (tertiary/aromatic N) is 2. The number of hydrogen-bond acceptors (Lipinski definition) is 5. The first kappa shape index (κ1) is 22.3. The first-order valence-corrected chi connectivity index (χ1v) is 11.4. The molecule has 0 radical (unpaired) electrons. The Morgan fingerprint density at radius 1 is 0.857 bits per heavy atom. The Morgan fingerprint density at radius 3 is 2.26 bits per heavy atom. The van der Waals surface area contributed by atoms with Crippen molar-refractivity contribution in [1.29, 1.82) is 5.26 Å². The third-order valence-electron chi connectivity index (χ3n) is 6.08. The summed E-state index contributed by atoms with van der Waals surface area (Å²) in [6.07, 6.45) is 1.52. The minimum atomic E-state index is -0.509. The summed E-state index contributed by atoms with van der Waals surface area (Å²) >= 11 is 0. The predicted molar refractivity (Wildman–Crippen MR) is 134 cm³/mol. The average molecular weight is 463 g/mol. The Labute approximate surface area is 202 Å². The number of amides is 1. The van der Waals surface area contributed by atoms with E-state index in [0.29, 0.717) is 37.4 Å². The highest BCUT2D eigenvalue weighted by atomic mass is 16.5. The summed E-state index contributed by atoms with van der Waals surface area (Å²) in [5.74, 6) is -0.594. The summed E-state index contributed by atoms with van der Waals surface area (Å²) in [6.45, 7) is 1.73. The van der Waals surface area contributed by atoms with Gasteiger partial charge in [0.2, 0.25) is 0 Å². The van der Waals surface area contributed by atoms with Gasteiger partial charge in [0.15, 0.2) is 0 Å². The number of carbonyl (C=O) groups excluding carboxylic acids is 2. The van der Waals surface area contributed by atoms with E-state index >= 15 is 0 Å². The van der Waals surface area contributed by atoms with Crippen LogP contribution in [0.5, 0.6) is 5.75 Å². The normalized spacial score (nSPS) is 14.0. The van der Waals surface area contributed by atoms with Crippen LogP contribution in [0.2, 0.25) is 0 Å². The fourth-order valence-electron chi connectivity index (χ4n) is 4.29. The number of nitriles is 1. The standard InChI is InChI=1S/C29H22N2O4/c30-19-22(28(32)31-14-16-34-17-15-31)18-26-24-10-4-2-7-21(24)12-13-27(26)35-29(33)25-11-5-8-20-6-1-3-9-23(20)25/h1-13,18H,14-17H2/b22-18+. The highest BCUT2D eigenvalue weighted by Gasteiger charge is 2.22. The van der Waals surface area contributed by atoms with Gasteiger partial charge in [0, 0.05) is 18.7 Å². The van der Waals surface area contributed by atoms with E-state index in [1.807, 2.05) is 72.8 Å². The van der Waals surface area contributed by atoms with E-state index in [1.54, 1.807) is 17.0 Å². The molecule has 0 atom stereocenters. The smallest absolute Gasteiger partial charge is 0.344 e. The quantitative estimate of drug-likeness (QED) is 0.185. The zero-order chi connectivity index (χ0) is 24.2. The van der Waals surface area contributed by atoms with E-state index in [1.165, 1.54) is 6.08 Å². The molecule has 0 N–H and O–H groups in total. The molecule has 0 aliphatic carbocycles. The van der Waals surface area contributed by atoms with Crippen molar-refractivity contribution < 1.29 is 19.1 Å². The summed E-state index contributed by atoms with van der Waals surface area (Å²) < 4.78 is 11.2. The van der Waals surface area contributed by atoms with E-state index in [9.17, 15) is 14.9 Å². The van der Waals surface area contributed by atoms with Crippen LogP contribution < -0.4 is 4.74 Å². The fraction of sp³-hybridized carbons (Fsp3) is 0.138. The Morgan fingerprint density at radius 2 is 1.51 bits per heavy atom. The molecule has 1 aliphatic rings. The van der Waals surface area contributed by atoms with Gasteiger partial charge in [0.25, 0.3) is 5.91 Å². The van der Waals surface area contributed by atoms with Gasteiger partial charge < -0.3 is 14.4 Å². The molecule has 1 fully saturated rings. The molecule has 6 heteroatoms. The Kier molecular flexibility index (Phi) is 6.25. The molecule has 0 spiro atoms. The molecule has 35 heavy (non-hydrogen) atoms. The van der Waals surface area contributed by atoms with Crippen molar-refractivity contribution in [3.8, 4) is 11.8 Å². The lowest BCUT2D eigenvalue weighted by Crippen LogP contribution is -2.41. The van der Waals surface area contributed by atoms with E-state index in [2.05, 4.69) is 0 Å². The Balaban J connectivity index is 1.57. The Hall–Kier alpha value is -4.47. The third kappa shape index (κ3) is 4.50. The molecular weight excluding hydrogens is 440 g/mol. The fourth-order valence-corrected chi connectivity index (χ4v) is 4.29. The van der Waals surface area contributed by atoms with Gasteiger partial charge in [-0.05, 0) is 39.8 Å². The number of rotatable bonds is 4. The molecule has 1 heterocycles. The molecule has 0 saturated carbocycles. The number of ether oxygens (including phenoxy) is 2. The van der Waals surface area contributed by atoms with Crippen LogP contribution in [-0.2, 0) is 9.53 Å². The molecule has 6 nitrogen and oxygen atoms in total. The minimum Gasteiger partial charge on any atom is -0.422 e. The van der Waals surface area contributed by atoms with Crippen molar-refractivity contribution in [2.24, 2.45) is 0 Å². The highest BCUT2D eigenvalue weighted by molar-refractivity contribution is 6.07. The molecule has 1 saturated heterocycles. The topological polar surface area (TPSA) is 79.6 Å². The highest BCUT2D eigenvalue weighted by Crippen LogP contribution is 2.32. The van der Waals surface area contributed by atoms with Gasteiger partial charge in [-0.2, -0.15) is 5.26 Å².